The van der Waals surface area contributed by atoms with Gasteiger partial charge in [0.2, 0.25) is 5.91 Å². The number of amides is 1. The first-order valence-corrected chi connectivity index (χ1v) is 7.80. The fraction of sp³-hybridized carbons (Fsp3) is 0.429. The molecule has 6 heteroatoms. The summed E-state index contributed by atoms with van der Waals surface area (Å²) in [4.78, 5) is 16.0. The summed E-state index contributed by atoms with van der Waals surface area (Å²) in [5.74, 6) is 0.538. The van der Waals surface area contributed by atoms with Gasteiger partial charge in [-0.05, 0) is 24.1 Å². The molecule has 0 aliphatic heterocycles. The topological polar surface area (TPSA) is 54.0 Å². The molecule has 0 aliphatic rings. The third kappa shape index (κ3) is 4.35. The van der Waals surface area contributed by atoms with E-state index in [2.05, 4.69) is 29.5 Å². The molecule has 1 aromatic carbocycles. The van der Waals surface area contributed by atoms with E-state index >= 15 is 0 Å². The molecule has 0 bridgehead atoms. The van der Waals surface area contributed by atoms with Crippen molar-refractivity contribution in [1.82, 2.24) is 10.3 Å². The van der Waals surface area contributed by atoms with Crippen LogP contribution in [0.4, 0.5) is 5.13 Å². The number of hydrogen-bond donors (Lipinski definition) is 2. The molecule has 0 spiro atoms. The summed E-state index contributed by atoms with van der Waals surface area (Å²) in [6.45, 7) is 5.45. The SMILES string of the molecule is CC(C)CNC(=O)CCNc1nc2ccc(Cl)cc2s1. The Kier molecular flexibility index (Phi) is 5.20. The standard InChI is InChI=1S/C14H18ClN3OS/c1-9(2)8-17-13(19)5-6-16-14-18-11-4-3-10(15)7-12(11)20-14/h3-4,7,9H,5-6,8H2,1-2H3,(H,16,18)(H,17,19). The van der Waals surface area contributed by atoms with E-state index in [4.69, 9.17) is 11.6 Å². The Labute approximate surface area is 127 Å². The Hall–Kier alpha value is -1.33. The Morgan fingerprint density at radius 3 is 3.00 bits per heavy atom. The molecule has 0 fully saturated rings. The zero-order valence-electron chi connectivity index (χ0n) is 11.6. The van der Waals surface area contributed by atoms with Crippen LogP contribution in [-0.4, -0.2) is 24.0 Å². The summed E-state index contributed by atoms with van der Waals surface area (Å²) in [5, 5.41) is 7.59. The van der Waals surface area contributed by atoms with Crippen LogP contribution in [-0.2, 0) is 4.79 Å². The maximum absolute atomic E-state index is 11.6. The van der Waals surface area contributed by atoms with Gasteiger partial charge in [0, 0.05) is 24.5 Å². The van der Waals surface area contributed by atoms with Crippen LogP contribution < -0.4 is 10.6 Å². The number of carbonyl (C=O) groups excluding carboxylic acids is 1. The first-order valence-electron chi connectivity index (χ1n) is 6.61. The highest BCUT2D eigenvalue weighted by Gasteiger charge is 2.05. The van der Waals surface area contributed by atoms with Gasteiger partial charge in [0.05, 0.1) is 10.2 Å². The molecule has 1 heterocycles. The highest BCUT2D eigenvalue weighted by molar-refractivity contribution is 7.22. The predicted octanol–water partition coefficient (Wildman–Crippen LogP) is 3.52. The zero-order valence-corrected chi connectivity index (χ0v) is 13.1. The van der Waals surface area contributed by atoms with E-state index in [0.29, 0.717) is 23.9 Å². The van der Waals surface area contributed by atoms with Gasteiger partial charge in [0.15, 0.2) is 5.13 Å². The minimum Gasteiger partial charge on any atom is -0.361 e. The molecule has 0 aliphatic carbocycles. The molecule has 4 nitrogen and oxygen atoms in total. The molecule has 2 aromatic rings. The van der Waals surface area contributed by atoms with Gasteiger partial charge in [-0.2, -0.15) is 0 Å². The number of fused-ring (bicyclic) bond motifs is 1. The molecular formula is C14H18ClN3OS. The molecule has 0 atom stereocenters. The van der Waals surface area contributed by atoms with E-state index in [1.807, 2.05) is 18.2 Å². The number of halogens is 1. The number of rotatable bonds is 6. The van der Waals surface area contributed by atoms with E-state index < -0.39 is 0 Å². The quantitative estimate of drug-likeness (QED) is 0.858. The van der Waals surface area contributed by atoms with Crippen LogP contribution in [0.15, 0.2) is 18.2 Å². The lowest BCUT2D eigenvalue weighted by atomic mass is 10.2. The Morgan fingerprint density at radius 2 is 2.25 bits per heavy atom. The monoisotopic (exact) mass is 311 g/mol. The molecule has 20 heavy (non-hydrogen) atoms. The summed E-state index contributed by atoms with van der Waals surface area (Å²) in [6, 6.07) is 5.62. The van der Waals surface area contributed by atoms with Crippen LogP contribution in [0.1, 0.15) is 20.3 Å². The number of benzene rings is 1. The highest BCUT2D eigenvalue weighted by Crippen LogP contribution is 2.28. The van der Waals surface area contributed by atoms with Crippen molar-refractivity contribution in [2.75, 3.05) is 18.4 Å². The van der Waals surface area contributed by atoms with Crippen molar-refractivity contribution in [2.24, 2.45) is 5.92 Å². The third-order valence-corrected chi connectivity index (χ3v) is 3.90. The minimum atomic E-state index is 0.0651. The fourth-order valence-corrected chi connectivity index (χ4v) is 2.83. The molecular weight excluding hydrogens is 294 g/mol. The summed E-state index contributed by atoms with van der Waals surface area (Å²) in [6.07, 6.45) is 0.448. The van der Waals surface area contributed by atoms with Crippen molar-refractivity contribution in [3.8, 4) is 0 Å². The van der Waals surface area contributed by atoms with Gasteiger partial charge in [0.1, 0.15) is 0 Å². The van der Waals surface area contributed by atoms with E-state index in [-0.39, 0.29) is 5.91 Å². The number of hydrogen-bond acceptors (Lipinski definition) is 4. The summed E-state index contributed by atoms with van der Waals surface area (Å²) in [5.41, 5.74) is 0.922. The predicted molar refractivity (Wildman–Crippen MR) is 85.6 cm³/mol. The van der Waals surface area contributed by atoms with Crippen LogP contribution >= 0.6 is 22.9 Å². The largest absolute Gasteiger partial charge is 0.361 e. The first kappa shape index (κ1) is 15.1. The number of nitrogens with zero attached hydrogens (tertiary/aromatic N) is 1. The number of anilines is 1. The Bertz CT molecular complexity index is 597. The highest BCUT2D eigenvalue weighted by atomic mass is 35.5. The molecule has 1 amide bonds. The summed E-state index contributed by atoms with van der Waals surface area (Å²) in [7, 11) is 0. The lowest BCUT2D eigenvalue weighted by Gasteiger charge is -2.07. The average molecular weight is 312 g/mol. The van der Waals surface area contributed by atoms with E-state index in [1.165, 1.54) is 0 Å². The number of thiazole rings is 1. The number of aromatic nitrogens is 1. The van der Waals surface area contributed by atoms with Gasteiger partial charge in [-0.25, -0.2) is 4.98 Å². The second-order valence-electron chi connectivity index (χ2n) is 5.01. The van der Waals surface area contributed by atoms with E-state index in [9.17, 15) is 4.79 Å². The molecule has 0 saturated heterocycles. The second kappa shape index (κ2) is 6.90. The maximum Gasteiger partial charge on any atom is 0.221 e. The molecule has 1 aromatic heterocycles. The van der Waals surface area contributed by atoms with Crippen LogP contribution in [0.2, 0.25) is 5.02 Å². The maximum atomic E-state index is 11.6. The molecule has 2 rings (SSSR count). The summed E-state index contributed by atoms with van der Waals surface area (Å²) < 4.78 is 1.05. The van der Waals surface area contributed by atoms with Gasteiger partial charge in [-0.15, -0.1) is 0 Å². The molecule has 0 radical (unpaired) electrons. The first-order chi connectivity index (χ1) is 9.54. The number of nitrogens with one attached hydrogen (secondary N) is 2. The minimum absolute atomic E-state index is 0.0651. The van der Waals surface area contributed by atoms with E-state index in [0.717, 1.165) is 21.9 Å². The van der Waals surface area contributed by atoms with Gasteiger partial charge in [-0.3, -0.25) is 4.79 Å². The van der Waals surface area contributed by atoms with Crippen molar-refractivity contribution < 1.29 is 4.79 Å². The van der Waals surface area contributed by atoms with Crippen molar-refractivity contribution in [2.45, 2.75) is 20.3 Å². The van der Waals surface area contributed by atoms with Crippen LogP contribution in [0.25, 0.3) is 10.2 Å². The van der Waals surface area contributed by atoms with E-state index in [1.54, 1.807) is 11.3 Å². The van der Waals surface area contributed by atoms with Crippen LogP contribution in [0.5, 0.6) is 0 Å². The average Bonchev–Trinajstić information content (AvgIpc) is 2.78. The van der Waals surface area contributed by atoms with Crippen molar-refractivity contribution >= 4 is 44.2 Å². The van der Waals surface area contributed by atoms with Gasteiger partial charge < -0.3 is 10.6 Å². The van der Waals surface area contributed by atoms with Gasteiger partial charge in [0.25, 0.3) is 0 Å². The lowest BCUT2D eigenvalue weighted by molar-refractivity contribution is -0.120. The smallest absolute Gasteiger partial charge is 0.221 e. The van der Waals surface area contributed by atoms with Gasteiger partial charge >= 0.3 is 0 Å². The van der Waals surface area contributed by atoms with Crippen molar-refractivity contribution in [1.29, 1.82) is 0 Å². The normalized spacial score (nSPS) is 11.0. The van der Waals surface area contributed by atoms with Gasteiger partial charge in [-0.1, -0.05) is 36.8 Å². The molecule has 2 N–H and O–H groups in total. The number of carbonyl (C=O) groups is 1. The third-order valence-electron chi connectivity index (χ3n) is 2.69. The Morgan fingerprint density at radius 1 is 1.45 bits per heavy atom. The lowest BCUT2D eigenvalue weighted by Crippen LogP contribution is -2.28. The molecule has 0 saturated carbocycles. The van der Waals surface area contributed by atoms with Crippen molar-refractivity contribution in [3.63, 3.8) is 0 Å². The molecule has 108 valence electrons. The van der Waals surface area contributed by atoms with Crippen molar-refractivity contribution in [3.05, 3.63) is 23.2 Å². The fourth-order valence-electron chi connectivity index (χ4n) is 1.66. The molecule has 0 unspecified atom stereocenters. The van der Waals surface area contributed by atoms with Crippen LogP contribution in [0, 0.1) is 5.92 Å². The Balaban J connectivity index is 1.82. The van der Waals surface area contributed by atoms with Crippen LogP contribution in [0.3, 0.4) is 0 Å². The zero-order chi connectivity index (χ0) is 14.5. The second-order valence-corrected chi connectivity index (χ2v) is 6.47. The summed E-state index contributed by atoms with van der Waals surface area (Å²) >= 11 is 7.48.